The van der Waals surface area contributed by atoms with Crippen molar-refractivity contribution < 1.29 is 13.2 Å². The molecule has 2 aromatic carbocycles. The Bertz CT molecular complexity index is 802. The highest BCUT2D eigenvalue weighted by Crippen LogP contribution is 2.22. The van der Waals surface area contributed by atoms with Gasteiger partial charge < -0.3 is 4.90 Å². The number of rotatable bonds is 4. The quantitative estimate of drug-likeness (QED) is 0.849. The van der Waals surface area contributed by atoms with Crippen molar-refractivity contribution in [2.45, 2.75) is 0 Å². The number of hydrogen-bond acceptors (Lipinski definition) is 3. The van der Waals surface area contributed by atoms with Gasteiger partial charge in [0.15, 0.2) is 0 Å². The zero-order valence-electron chi connectivity index (χ0n) is 13.0. The molecule has 122 valence electrons. The van der Waals surface area contributed by atoms with Gasteiger partial charge in [-0.05, 0) is 48.5 Å². The molecule has 0 bridgehead atoms. The lowest BCUT2D eigenvalue weighted by atomic mass is 10.2. The maximum absolute atomic E-state index is 12.4. The molecule has 2 rings (SSSR count). The van der Waals surface area contributed by atoms with Crippen molar-refractivity contribution in [3.8, 4) is 0 Å². The van der Waals surface area contributed by atoms with E-state index in [0.29, 0.717) is 22.0 Å². The van der Waals surface area contributed by atoms with E-state index < -0.39 is 10.0 Å². The summed E-state index contributed by atoms with van der Waals surface area (Å²) in [7, 11) is -0.174. The summed E-state index contributed by atoms with van der Waals surface area (Å²) in [6.45, 7) is 0. The highest BCUT2D eigenvalue weighted by Gasteiger charge is 2.15. The van der Waals surface area contributed by atoms with Crippen LogP contribution in [0.25, 0.3) is 0 Å². The maximum Gasteiger partial charge on any atom is 0.258 e. The molecule has 0 spiro atoms. The molecule has 0 radical (unpaired) electrons. The Balaban J connectivity index is 2.21. The summed E-state index contributed by atoms with van der Waals surface area (Å²) in [5, 5.41) is 0.567. The first-order valence-electron chi connectivity index (χ1n) is 6.78. The van der Waals surface area contributed by atoms with Crippen molar-refractivity contribution in [2.24, 2.45) is 0 Å². The Morgan fingerprint density at radius 1 is 0.913 bits per heavy atom. The molecule has 0 heterocycles. The number of sulfonamides is 1. The topological polar surface area (TPSA) is 57.7 Å². The van der Waals surface area contributed by atoms with Gasteiger partial charge in [0.05, 0.1) is 11.9 Å². The zero-order valence-corrected chi connectivity index (χ0v) is 14.6. The minimum Gasteiger partial charge on any atom is -0.311 e. The average molecular weight is 353 g/mol. The van der Waals surface area contributed by atoms with E-state index >= 15 is 0 Å². The molecule has 0 aliphatic rings. The van der Waals surface area contributed by atoms with Crippen LogP contribution in [0.4, 0.5) is 11.4 Å². The first kappa shape index (κ1) is 17.3. The smallest absolute Gasteiger partial charge is 0.258 e. The van der Waals surface area contributed by atoms with Gasteiger partial charge in [-0.25, -0.2) is 8.42 Å². The normalized spacial score (nSPS) is 11.1. The molecule has 1 amide bonds. The second kappa shape index (κ2) is 6.60. The third kappa shape index (κ3) is 4.03. The van der Waals surface area contributed by atoms with Crippen LogP contribution in [-0.4, -0.2) is 34.7 Å². The summed E-state index contributed by atoms with van der Waals surface area (Å²) in [5.74, 6) is -0.175. The van der Waals surface area contributed by atoms with Gasteiger partial charge in [-0.1, -0.05) is 11.6 Å². The van der Waals surface area contributed by atoms with Gasteiger partial charge >= 0.3 is 0 Å². The standard InChI is InChI=1S/C16H17ClN2O3S/c1-18(16(20)12-4-6-13(17)7-5-12)14-8-10-15(11-9-14)19(2)23(3,21)22/h4-11H,1-3H3. The van der Waals surface area contributed by atoms with Crippen LogP contribution in [0.2, 0.25) is 5.02 Å². The van der Waals surface area contributed by atoms with E-state index in [4.69, 9.17) is 11.6 Å². The van der Waals surface area contributed by atoms with Gasteiger partial charge in [-0.3, -0.25) is 9.10 Å². The van der Waals surface area contributed by atoms with Gasteiger partial charge in [-0.2, -0.15) is 0 Å². The molecule has 0 fully saturated rings. The number of amides is 1. The van der Waals surface area contributed by atoms with Crippen molar-refractivity contribution in [3.05, 3.63) is 59.1 Å². The number of carbonyl (C=O) groups excluding carboxylic acids is 1. The first-order valence-corrected chi connectivity index (χ1v) is 9.00. The van der Waals surface area contributed by atoms with Crippen molar-refractivity contribution in [1.29, 1.82) is 0 Å². The third-order valence-electron chi connectivity index (χ3n) is 3.49. The molecule has 0 aliphatic heterocycles. The molecule has 7 heteroatoms. The van der Waals surface area contributed by atoms with Crippen molar-refractivity contribution in [3.63, 3.8) is 0 Å². The van der Waals surface area contributed by atoms with Crippen LogP contribution in [0.1, 0.15) is 10.4 Å². The predicted molar refractivity (Wildman–Crippen MR) is 93.9 cm³/mol. The largest absolute Gasteiger partial charge is 0.311 e. The van der Waals surface area contributed by atoms with E-state index in [1.807, 2.05) is 0 Å². The molecule has 0 unspecified atom stereocenters. The molecule has 0 aliphatic carbocycles. The van der Waals surface area contributed by atoms with E-state index in [0.717, 1.165) is 6.26 Å². The Morgan fingerprint density at radius 3 is 1.87 bits per heavy atom. The first-order chi connectivity index (χ1) is 10.7. The minimum atomic E-state index is -3.31. The summed E-state index contributed by atoms with van der Waals surface area (Å²) in [4.78, 5) is 13.9. The molecule has 0 saturated carbocycles. The second-order valence-electron chi connectivity index (χ2n) is 5.12. The molecule has 2 aromatic rings. The van der Waals surface area contributed by atoms with Crippen LogP contribution in [0.15, 0.2) is 48.5 Å². The minimum absolute atomic E-state index is 0.175. The van der Waals surface area contributed by atoms with Crippen molar-refractivity contribution >= 4 is 38.9 Å². The van der Waals surface area contributed by atoms with E-state index in [1.54, 1.807) is 55.6 Å². The number of carbonyl (C=O) groups is 1. The molecule has 23 heavy (non-hydrogen) atoms. The summed E-state index contributed by atoms with van der Waals surface area (Å²) in [6.07, 6.45) is 1.14. The Morgan fingerprint density at radius 2 is 1.39 bits per heavy atom. The van der Waals surface area contributed by atoms with Gasteiger partial charge in [0.25, 0.3) is 5.91 Å². The number of benzene rings is 2. The van der Waals surface area contributed by atoms with Gasteiger partial charge in [0.1, 0.15) is 0 Å². The van der Waals surface area contributed by atoms with Gasteiger partial charge in [-0.15, -0.1) is 0 Å². The summed E-state index contributed by atoms with van der Waals surface area (Å²) in [6, 6.07) is 13.3. The second-order valence-corrected chi connectivity index (χ2v) is 7.57. The van der Waals surface area contributed by atoms with Crippen LogP contribution in [-0.2, 0) is 10.0 Å². The van der Waals surface area contributed by atoms with E-state index in [2.05, 4.69) is 0 Å². The average Bonchev–Trinajstić information content (AvgIpc) is 2.53. The van der Waals surface area contributed by atoms with Crippen LogP contribution < -0.4 is 9.21 Å². The Hall–Kier alpha value is -2.05. The van der Waals surface area contributed by atoms with Crippen LogP contribution in [0.3, 0.4) is 0 Å². The highest BCUT2D eigenvalue weighted by molar-refractivity contribution is 7.92. The van der Waals surface area contributed by atoms with Crippen LogP contribution in [0.5, 0.6) is 0 Å². The fourth-order valence-corrected chi connectivity index (χ4v) is 2.61. The molecule has 5 nitrogen and oxygen atoms in total. The Kier molecular flexibility index (Phi) is 4.97. The molecule has 0 aromatic heterocycles. The lowest BCUT2D eigenvalue weighted by Crippen LogP contribution is -2.27. The summed E-state index contributed by atoms with van der Waals surface area (Å²) >= 11 is 5.82. The summed E-state index contributed by atoms with van der Waals surface area (Å²) in [5.41, 5.74) is 1.72. The number of halogens is 1. The van der Waals surface area contributed by atoms with Crippen molar-refractivity contribution in [2.75, 3.05) is 29.6 Å². The SMILES string of the molecule is CN(C(=O)c1ccc(Cl)cc1)c1ccc(N(C)S(C)(=O)=O)cc1. The fourth-order valence-electron chi connectivity index (χ4n) is 1.98. The van der Waals surface area contributed by atoms with E-state index in [-0.39, 0.29) is 5.91 Å². The number of nitrogens with zero attached hydrogens (tertiary/aromatic N) is 2. The van der Waals surface area contributed by atoms with Gasteiger partial charge in [0.2, 0.25) is 10.0 Å². The lowest BCUT2D eigenvalue weighted by molar-refractivity contribution is 0.0993. The molecular weight excluding hydrogens is 336 g/mol. The van der Waals surface area contributed by atoms with Crippen molar-refractivity contribution in [1.82, 2.24) is 0 Å². The molecule has 0 N–H and O–H groups in total. The molecular formula is C16H17ClN2O3S. The third-order valence-corrected chi connectivity index (χ3v) is 4.95. The maximum atomic E-state index is 12.4. The van der Waals surface area contributed by atoms with Crippen LogP contribution >= 0.6 is 11.6 Å². The molecule has 0 saturated heterocycles. The number of hydrogen-bond donors (Lipinski definition) is 0. The number of anilines is 2. The summed E-state index contributed by atoms with van der Waals surface area (Å²) < 4.78 is 24.2. The van der Waals surface area contributed by atoms with Gasteiger partial charge in [0, 0.05) is 30.4 Å². The highest BCUT2D eigenvalue weighted by atomic mass is 35.5. The predicted octanol–water partition coefficient (Wildman–Crippen LogP) is 3.01. The fraction of sp³-hybridized carbons (Fsp3) is 0.188. The zero-order chi connectivity index (χ0) is 17.2. The lowest BCUT2D eigenvalue weighted by Gasteiger charge is -2.20. The molecule has 0 atom stereocenters. The van der Waals surface area contributed by atoms with E-state index in [1.165, 1.54) is 16.3 Å². The van der Waals surface area contributed by atoms with E-state index in [9.17, 15) is 13.2 Å². The van der Waals surface area contributed by atoms with Crippen LogP contribution in [0, 0.1) is 0 Å². The Labute approximate surface area is 141 Å². The monoisotopic (exact) mass is 352 g/mol.